The Morgan fingerprint density at radius 1 is 1.29 bits per heavy atom. The summed E-state index contributed by atoms with van der Waals surface area (Å²) in [4.78, 5) is 27.3. The predicted octanol–water partition coefficient (Wildman–Crippen LogP) is 1.95. The highest BCUT2D eigenvalue weighted by molar-refractivity contribution is 8.01. The number of hydrogen-bond acceptors (Lipinski definition) is 6. The number of aryl methyl sites for hydroxylation is 3. The number of nitrogens with one attached hydrogen (secondary N) is 1. The minimum atomic E-state index is -0.374. The molecule has 3 N–H and O–H groups in total. The predicted molar refractivity (Wildman–Crippen MR) is 96.4 cm³/mol. The Balaban J connectivity index is 1.93. The molecule has 2 aromatic rings. The Morgan fingerprint density at radius 2 is 2.00 bits per heavy atom. The molecule has 2 aromatic heterocycles. The van der Waals surface area contributed by atoms with Gasteiger partial charge in [-0.15, -0.1) is 11.8 Å². The number of carbonyl (C=O) groups is 2. The zero-order valence-corrected chi connectivity index (χ0v) is 15.8. The van der Waals surface area contributed by atoms with E-state index < -0.39 is 0 Å². The molecule has 2 heterocycles. The SMILES string of the molecule is Cc1nc(NC(=O)CCc2c(C)nn(C)c2C)sc1SCC(N)=O. The van der Waals surface area contributed by atoms with E-state index in [2.05, 4.69) is 15.4 Å². The molecule has 0 spiro atoms. The molecule has 0 bridgehead atoms. The van der Waals surface area contributed by atoms with Crippen molar-refractivity contribution in [2.24, 2.45) is 12.8 Å². The monoisotopic (exact) mass is 367 g/mol. The van der Waals surface area contributed by atoms with Gasteiger partial charge in [-0.05, 0) is 32.8 Å². The quantitative estimate of drug-likeness (QED) is 0.728. The first-order valence-corrected chi connectivity index (χ1v) is 9.25. The summed E-state index contributed by atoms with van der Waals surface area (Å²) in [6.07, 6.45) is 1.01. The van der Waals surface area contributed by atoms with Crippen LogP contribution < -0.4 is 11.1 Å². The minimum Gasteiger partial charge on any atom is -0.369 e. The van der Waals surface area contributed by atoms with Crippen molar-refractivity contribution < 1.29 is 9.59 Å². The Bertz CT molecular complexity index is 766. The van der Waals surface area contributed by atoms with Gasteiger partial charge < -0.3 is 11.1 Å². The van der Waals surface area contributed by atoms with Gasteiger partial charge in [0.05, 0.1) is 21.3 Å². The molecule has 2 rings (SSSR count). The molecular weight excluding hydrogens is 346 g/mol. The normalized spacial score (nSPS) is 10.8. The lowest BCUT2D eigenvalue weighted by Gasteiger charge is -2.03. The number of carbonyl (C=O) groups excluding carboxylic acids is 2. The van der Waals surface area contributed by atoms with Crippen molar-refractivity contribution in [2.45, 2.75) is 37.8 Å². The average molecular weight is 368 g/mol. The van der Waals surface area contributed by atoms with Crippen molar-refractivity contribution >= 4 is 40.0 Å². The van der Waals surface area contributed by atoms with Crippen molar-refractivity contribution in [3.63, 3.8) is 0 Å². The maximum atomic E-state index is 12.1. The summed E-state index contributed by atoms with van der Waals surface area (Å²) in [5, 5.41) is 7.72. The molecule has 0 aliphatic carbocycles. The Labute approximate surface area is 149 Å². The summed E-state index contributed by atoms with van der Waals surface area (Å²) in [7, 11) is 1.90. The molecule has 0 aromatic carbocycles. The number of amides is 2. The van der Waals surface area contributed by atoms with Gasteiger partial charge >= 0.3 is 0 Å². The van der Waals surface area contributed by atoms with Crippen molar-refractivity contribution in [3.8, 4) is 0 Å². The lowest BCUT2D eigenvalue weighted by Crippen LogP contribution is -2.12. The van der Waals surface area contributed by atoms with E-state index >= 15 is 0 Å². The molecule has 0 fully saturated rings. The molecule has 7 nitrogen and oxygen atoms in total. The van der Waals surface area contributed by atoms with Gasteiger partial charge in [-0.25, -0.2) is 4.98 Å². The highest BCUT2D eigenvalue weighted by Gasteiger charge is 2.14. The maximum absolute atomic E-state index is 12.1. The van der Waals surface area contributed by atoms with Crippen LogP contribution in [-0.2, 0) is 23.1 Å². The van der Waals surface area contributed by atoms with E-state index in [1.54, 1.807) is 0 Å². The minimum absolute atomic E-state index is 0.0853. The second-order valence-corrected chi connectivity index (χ2v) is 7.71. The number of primary amides is 1. The average Bonchev–Trinajstić information content (AvgIpc) is 2.95. The molecule has 0 atom stereocenters. The van der Waals surface area contributed by atoms with Crippen LogP contribution >= 0.6 is 23.1 Å². The number of aromatic nitrogens is 3. The Morgan fingerprint density at radius 3 is 2.58 bits per heavy atom. The fourth-order valence-corrected chi connectivity index (χ4v) is 4.20. The summed E-state index contributed by atoms with van der Waals surface area (Å²) in [5.41, 5.74) is 9.09. The highest BCUT2D eigenvalue weighted by Crippen LogP contribution is 2.31. The molecule has 0 saturated carbocycles. The molecule has 0 unspecified atom stereocenters. The number of thiazole rings is 1. The van der Waals surface area contributed by atoms with Gasteiger partial charge in [-0.1, -0.05) is 11.3 Å². The van der Waals surface area contributed by atoms with Crippen molar-refractivity contribution in [1.82, 2.24) is 14.8 Å². The molecule has 2 amide bonds. The molecule has 0 aliphatic rings. The van der Waals surface area contributed by atoms with E-state index in [0.717, 1.165) is 26.9 Å². The largest absolute Gasteiger partial charge is 0.369 e. The number of anilines is 1. The molecule has 0 radical (unpaired) electrons. The van der Waals surface area contributed by atoms with Crippen molar-refractivity contribution in [2.75, 3.05) is 11.1 Å². The van der Waals surface area contributed by atoms with Gasteiger partial charge in [0.2, 0.25) is 11.8 Å². The van der Waals surface area contributed by atoms with Crippen LogP contribution in [0.25, 0.3) is 0 Å². The number of thioether (sulfide) groups is 1. The van der Waals surface area contributed by atoms with E-state index in [4.69, 9.17) is 5.73 Å². The van der Waals surface area contributed by atoms with E-state index in [0.29, 0.717) is 18.0 Å². The van der Waals surface area contributed by atoms with Gasteiger partial charge in [0, 0.05) is 19.2 Å². The molecule has 9 heteroatoms. The van der Waals surface area contributed by atoms with Crippen LogP contribution in [0.1, 0.15) is 29.1 Å². The van der Waals surface area contributed by atoms with E-state index in [1.165, 1.54) is 23.1 Å². The maximum Gasteiger partial charge on any atom is 0.227 e. The van der Waals surface area contributed by atoms with Gasteiger partial charge in [-0.3, -0.25) is 14.3 Å². The second-order valence-electron chi connectivity index (χ2n) is 5.47. The zero-order valence-electron chi connectivity index (χ0n) is 14.2. The van der Waals surface area contributed by atoms with Crippen molar-refractivity contribution in [3.05, 3.63) is 22.6 Å². The summed E-state index contributed by atoms with van der Waals surface area (Å²) in [6, 6.07) is 0. The van der Waals surface area contributed by atoms with Gasteiger partial charge in [0.25, 0.3) is 0 Å². The van der Waals surface area contributed by atoms with Crippen molar-refractivity contribution in [1.29, 1.82) is 0 Å². The van der Waals surface area contributed by atoms with Crippen LogP contribution in [0.3, 0.4) is 0 Å². The van der Waals surface area contributed by atoms with Crippen LogP contribution in [0.15, 0.2) is 4.21 Å². The molecule has 130 valence electrons. The number of hydrogen-bond donors (Lipinski definition) is 2. The first-order chi connectivity index (χ1) is 11.3. The van der Waals surface area contributed by atoms with E-state index in [-0.39, 0.29) is 17.6 Å². The van der Waals surface area contributed by atoms with Crippen LogP contribution in [0, 0.1) is 20.8 Å². The van der Waals surface area contributed by atoms with Crippen LogP contribution in [-0.4, -0.2) is 32.3 Å². The lowest BCUT2D eigenvalue weighted by molar-refractivity contribution is -0.116. The molecular formula is C15H21N5O2S2. The van der Waals surface area contributed by atoms with Crippen LogP contribution in [0.4, 0.5) is 5.13 Å². The number of nitrogens with two attached hydrogens (primary N) is 1. The third-order valence-electron chi connectivity index (χ3n) is 3.61. The van der Waals surface area contributed by atoms with Gasteiger partial charge in [-0.2, -0.15) is 5.10 Å². The first-order valence-electron chi connectivity index (χ1n) is 7.45. The summed E-state index contributed by atoms with van der Waals surface area (Å²) in [5.74, 6) is -0.255. The van der Waals surface area contributed by atoms with Gasteiger partial charge in [0.1, 0.15) is 0 Å². The summed E-state index contributed by atoms with van der Waals surface area (Å²) < 4.78 is 2.72. The standard InChI is InChI=1S/C15H21N5O2S2/c1-8-11(10(3)20(4)19-8)5-6-13(22)18-15-17-9(2)14(24-15)23-7-12(16)21/h5-7H2,1-4H3,(H2,16,21)(H,17,18,22). The zero-order chi connectivity index (χ0) is 17.9. The number of nitrogens with zero attached hydrogens (tertiary/aromatic N) is 3. The summed E-state index contributed by atoms with van der Waals surface area (Å²) >= 11 is 2.70. The van der Waals surface area contributed by atoms with Crippen LogP contribution in [0.2, 0.25) is 0 Å². The summed E-state index contributed by atoms with van der Waals surface area (Å²) in [6.45, 7) is 5.80. The first kappa shape index (κ1) is 18.5. The Hall–Kier alpha value is -1.87. The smallest absolute Gasteiger partial charge is 0.227 e. The topological polar surface area (TPSA) is 103 Å². The number of rotatable bonds is 7. The molecule has 0 saturated heterocycles. The highest BCUT2D eigenvalue weighted by atomic mass is 32.2. The second kappa shape index (κ2) is 7.80. The van der Waals surface area contributed by atoms with E-state index in [9.17, 15) is 9.59 Å². The van der Waals surface area contributed by atoms with E-state index in [1.807, 2.05) is 32.5 Å². The van der Waals surface area contributed by atoms with Crippen LogP contribution in [0.5, 0.6) is 0 Å². The molecule has 24 heavy (non-hydrogen) atoms. The lowest BCUT2D eigenvalue weighted by atomic mass is 10.1. The fraction of sp³-hybridized carbons (Fsp3) is 0.467. The third kappa shape index (κ3) is 4.57. The van der Waals surface area contributed by atoms with Gasteiger partial charge in [0.15, 0.2) is 5.13 Å². The Kier molecular flexibility index (Phi) is 6.00. The fourth-order valence-electron chi connectivity index (χ4n) is 2.31. The molecule has 0 aliphatic heterocycles. The third-order valence-corrected chi connectivity index (χ3v) is 6.06.